The van der Waals surface area contributed by atoms with E-state index in [1.54, 1.807) is 0 Å². The topological polar surface area (TPSA) is 83.4 Å². The van der Waals surface area contributed by atoms with E-state index in [-0.39, 0.29) is 24.2 Å². The molecule has 3 heterocycles. The van der Waals surface area contributed by atoms with Gasteiger partial charge in [-0.2, -0.15) is 4.98 Å². The summed E-state index contributed by atoms with van der Waals surface area (Å²) in [6.07, 6.45) is 1.29. The minimum absolute atomic E-state index is 0.107. The quantitative estimate of drug-likeness (QED) is 0.617. The predicted molar refractivity (Wildman–Crippen MR) is 114 cm³/mol. The van der Waals surface area contributed by atoms with Crippen molar-refractivity contribution in [1.82, 2.24) is 24.8 Å². The molecular formula is C20H22F2N6O2S. The lowest BCUT2D eigenvalue weighted by atomic mass is 10.2. The third-order valence-corrected chi connectivity index (χ3v) is 6.36. The molecule has 0 unspecified atom stereocenters. The van der Waals surface area contributed by atoms with E-state index in [0.29, 0.717) is 10.3 Å². The summed E-state index contributed by atoms with van der Waals surface area (Å²) in [6, 6.07) is 3.15. The molecule has 31 heavy (non-hydrogen) atoms. The molecule has 1 aliphatic heterocycles. The molecule has 0 spiro atoms. The number of benzene rings is 1. The Balaban J connectivity index is 1.44. The van der Waals surface area contributed by atoms with Crippen LogP contribution >= 0.6 is 11.3 Å². The number of thiazole rings is 1. The smallest absolute Gasteiger partial charge is 0.273 e. The van der Waals surface area contributed by atoms with Crippen LogP contribution < -0.4 is 15.8 Å². The average Bonchev–Trinajstić information content (AvgIpc) is 3.20. The molecule has 11 heteroatoms. The summed E-state index contributed by atoms with van der Waals surface area (Å²) >= 11 is 1.28. The molecular weight excluding hydrogens is 426 g/mol. The lowest BCUT2D eigenvalue weighted by molar-refractivity contribution is -0.121. The number of piperazine rings is 1. The van der Waals surface area contributed by atoms with Gasteiger partial charge in [0.1, 0.15) is 29.2 Å². The molecule has 8 nitrogen and oxygen atoms in total. The van der Waals surface area contributed by atoms with Crippen LogP contribution in [0.4, 0.5) is 13.9 Å². The third kappa shape index (κ3) is 4.72. The van der Waals surface area contributed by atoms with Crippen molar-refractivity contribution in [2.75, 3.05) is 37.6 Å². The van der Waals surface area contributed by atoms with Gasteiger partial charge in [-0.3, -0.25) is 14.2 Å². The highest BCUT2D eigenvalue weighted by Gasteiger charge is 2.21. The Morgan fingerprint density at radius 3 is 2.71 bits per heavy atom. The van der Waals surface area contributed by atoms with Crippen LogP contribution in [0.1, 0.15) is 12.5 Å². The van der Waals surface area contributed by atoms with Gasteiger partial charge in [0.2, 0.25) is 5.91 Å². The van der Waals surface area contributed by atoms with E-state index in [1.165, 1.54) is 28.3 Å². The number of carbonyl (C=O) groups excluding carboxylic acids is 1. The number of nitrogens with zero attached hydrogens (tertiary/aromatic N) is 5. The molecule has 0 atom stereocenters. The van der Waals surface area contributed by atoms with Crippen molar-refractivity contribution in [3.05, 3.63) is 52.1 Å². The molecule has 1 N–H and O–H groups in total. The average molecular weight is 448 g/mol. The van der Waals surface area contributed by atoms with Crippen LogP contribution in [0, 0.1) is 11.6 Å². The highest BCUT2D eigenvalue weighted by Crippen LogP contribution is 2.26. The molecule has 2 aromatic heterocycles. The number of anilines is 1. The van der Waals surface area contributed by atoms with E-state index in [2.05, 4.69) is 32.0 Å². The monoisotopic (exact) mass is 448 g/mol. The van der Waals surface area contributed by atoms with Crippen LogP contribution in [-0.2, 0) is 17.9 Å². The van der Waals surface area contributed by atoms with E-state index in [1.807, 2.05) is 0 Å². The highest BCUT2D eigenvalue weighted by atomic mass is 32.1. The van der Waals surface area contributed by atoms with E-state index in [4.69, 9.17) is 0 Å². The Kier molecular flexibility index (Phi) is 6.23. The van der Waals surface area contributed by atoms with E-state index >= 15 is 0 Å². The molecule has 1 fully saturated rings. The predicted octanol–water partition coefficient (Wildman–Crippen LogP) is 1.59. The van der Waals surface area contributed by atoms with Crippen molar-refractivity contribution in [2.45, 2.75) is 20.0 Å². The lowest BCUT2D eigenvalue weighted by Crippen LogP contribution is -2.46. The Bertz CT molecular complexity index is 1160. The Morgan fingerprint density at radius 2 is 2.00 bits per heavy atom. The van der Waals surface area contributed by atoms with Gasteiger partial charge in [0.15, 0.2) is 10.8 Å². The summed E-state index contributed by atoms with van der Waals surface area (Å²) in [4.78, 5) is 38.3. The molecule has 3 aromatic rings. The van der Waals surface area contributed by atoms with E-state index in [0.717, 1.165) is 50.0 Å². The van der Waals surface area contributed by atoms with Gasteiger partial charge in [-0.25, -0.2) is 13.8 Å². The van der Waals surface area contributed by atoms with Gasteiger partial charge >= 0.3 is 0 Å². The van der Waals surface area contributed by atoms with Crippen LogP contribution in [0.15, 0.2) is 29.3 Å². The molecule has 0 radical (unpaired) electrons. The summed E-state index contributed by atoms with van der Waals surface area (Å²) in [5, 5.41) is 3.29. The zero-order chi connectivity index (χ0) is 22.0. The Labute approximate surface area is 181 Å². The minimum atomic E-state index is -0.738. The molecule has 164 valence electrons. The number of hydrogen-bond donors (Lipinski definition) is 1. The Hall–Kier alpha value is -2.92. The molecule has 0 bridgehead atoms. The zero-order valence-corrected chi connectivity index (χ0v) is 17.8. The molecule has 1 aromatic carbocycles. The third-order valence-electron chi connectivity index (χ3n) is 5.27. The van der Waals surface area contributed by atoms with Gasteiger partial charge < -0.3 is 15.1 Å². The fraction of sp³-hybridized carbons (Fsp3) is 0.400. The second-order valence-electron chi connectivity index (χ2n) is 7.26. The number of nitrogens with one attached hydrogen (secondary N) is 1. The highest BCUT2D eigenvalue weighted by molar-refractivity contribution is 7.22. The van der Waals surface area contributed by atoms with Crippen molar-refractivity contribution in [3.63, 3.8) is 0 Å². The number of carbonyl (C=O) groups is 1. The first-order valence-electron chi connectivity index (χ1n) is 9.98. The number of likely N-dealkylation sites (N-methyl/N-ethyl adjacent to an activating group) is 1. The van der Waals surface area contributed by atoms with Crippen molar-refractivity contribution in [2.24, 2.45) is 0 Å². The van der Waals surface area contributed by atoms with Gasteiger partial charge in [-0.1, -0.05) is 24.3 Å². The summed E-state index contributed by atoms with van der Waals surface area (Å²) in [5.41, 5.74) is 0.183. The van der Waals surface area contributed by atoms with Crippen molar-refractivity contribution >= 4 is 32.7 Å². The van der Waals surface area contributed by atoms with E-state index < -0.39 is 17.5 Å². The summed E-state index contributed by atoms with van der Waals surface area (Å²) in [6.45, 7) is 6.34. The number of fused-ring (bicyclic) bond motifs is 1. The summed E-state index contributed by atoms with van der Waals surface area (Å²) in [7, 11) is 0. The van der Waals surface area contributed by atoms with Gasteiger partial charge in [0, 0.05) is 44.4 Å². The largest absolute Gasteiger partial charge is 0.350 e. The van der Waals surface area contributed by atoms with Gasteiger partial charge in [0.25, 0.3) is 5.56 Å². The fourth-order valence-corrected chi connectivity index (χ4v) is 4.43. The van der Waals surface area contributed by atoms with Gasteiger partial charge in [0.05, 0.1) is 0 Å². The Morgan fingerprint density at radius 1 is 1.23 bits per heavy atom. The molecule has 1 aliphatic rings. The fourth-order valence-electron chi connectivity index (χ4n) is 3.41. The first-order chi connectivity index (χ1) is 14.9. The maximum Gasteiger partial charge on any atom is 0.273 e. The second kappa shape index (κ2) is 9.06. The number of hydrogen-bond acceptors (Lipinski definition) is 7. The van der Waals surface area contributed by atoms with Gasteiger partial charge in [-0.15, -0.1) is 0 Å². The SMILES string of the molecule is CCN1CCN(c2nc3ncn(CC(=O)NCc4ccc(F)cc4F)c(=O)c3s2)CC1. The summed E-state index contributed by atoms with van der Waals surface area (Å²) in [5.74, 6) is -1.90. The summed E-state index contributed by atoms with van der Waals surface area (Å²) < 4.78 is 28.3. The number of aromatic nitrogens is 3. The number of rotatable bonds is 6. The van der Waals surface area contributed by atoms with Crippen LogP contribution in [-0.4, -0.2) is 58.1 Å². The van der Waals surface area contributed by atoms with Crippen LogP contribution in [0.2, 0.25) is 0 Å². The second-order valence-corrected chi connectivity index (χ2v) is 8.24. The number of halogens is 2. The van der Waals surface area contributed by atoms with Crippen molar-refractivity contribution < 1.29 is 13.6 Å². The van der Waals surface area contributed by atoms with Crippen LogP contribution in [0.5, 0.6) is 0 Å². The maximum atomic E-state index is 13.7. The number of amides is 1. The normalized spacial score (nSPS) is 14.9. The lowest BCUT2D eigenvalue weighted by Gasteiger charge is -2.33. The minimum Gasteiger partial charge on any atom is -0.350 e. The van der Waals surface area contributed by atoms with E-state index in [9.17, 15) is 18.4 Å². The first kappa shape index (κ1) is 21.3. The van der Waals surface area contributed by atoms with Crippen LogP contribution in [0.3, 0.4) is 0 Å². The van der Waals surface area contributed by atoms with Crippen molar-refractivity contribution in [1.29, 1.82) is 0 Å². The molecule has 0 saturated carbocycles. The van der Waals surface area contributed by atoms with Crippen LogP contribution in [0.25, 0.3) is 10.3 Å². The standard InChI is InChI=1S/C20H22F2N6O2S/c1-2-26-5-7-27(8-6-26)20-25-18-17(31-20)19(30)28(12-24-18)11-16(29)23-10-13-3-4-14(21)9-15(13)22/h3-4,9,12H,2,5-8,10-11H2,1H3,(H,23,29). The first-order valence-corrected chi connectivity index (χ1v) is 10.8. The molecule has 1 saturated heterocycles. The molecule has 1 amide bonds. The molecule has 4 rings (SSSR count). The maximum absolute atomic E-state index is 13.7. The van der Waals surface area contributed by atoms with Crippen molar-refractivity contribution in [3.8, 4) is 0 Å². The zero-order valence-electron chi connectivity index (χ0n) is 17.0. The van der Waals surface area contributed by atoms with Gasteiger partial charge in [-0.05, 0) is 12.6 Å². The molecule has 0 aliphatic carbocycles.